The maximum Gasteiger partial charge on any atom is 0.328 e. The van der Waals surface area contributed by atoms with Crippen LogP contribution in [-0.4, -0.2) is 74.8 Å². The van der Waals surface area contributed by atoms with Gasteiger partial charge in [-0.05, 0) is 38.3 Å². The molecule has 0 bridgehead atoms. The van der Waals surface area contributed by atoms with Crippen LogP contribution in [0, 0.1) is 6.92 Å². The van der Waals surface area contributed by atoms with Crippen molar-refractivity contribution in [3.05, 3.63) is 68.6 Å². The Kier molecular flexibility index (Phi) is 9.37. The van der Waals surface area contributed by atoms with Gasteiger partial charge in [0.2, 0.25) is 23.6 Å². The van der Waals surface area contributed by atoms with Gasteiger partial charge < -0.3 is 25.8 Å². The summed E-state index contributed by atoms with van der Waals surface area (Å²) >= 11 is 0. The molecule has 1 aliphatic heterocycles. The molecule has 2 atom stereocenters. The number of rotatable bonds is 4. The molecule has 1 saturated heterocycles. The SMILES string of the molecule is Cc1cn(CC(=O)N2CCCNC(=O)[C@@H](Cc3c[nH]c4ccccc34)NC(=O)[C@H](C)NC(=O)CCC2)c(=O)[nH]c1=O. The highest BCUT2D eigenvalue weighted by Gasteiger charge is 2.26. The molecule has 0 spiro atoms. The van der Waals surface area contributed by atoms with E-state index in [0.29, 0.717) is 18.4 Å². The van der Waals surface area contributed by atoms with Crippen LogP contribution in [0.15, 0.2) is 46.2 Å². The van der Waals surface area contributed by atoms with E-state index in [-0.39, 0.29) is 56.7 Å². The zero-order valence-electron chi connectivity index (χ0n) is 23.1. The third-order valence-electron chi connectivity index (χ3n) is 7.09. The maximum atomic E-state index is 13.2. The topological polar surface area (TPSA) is 178 Å². The smallest absolute Gasteiger partial charge is 0.328 e. The average Bonchev–Trinajstić information content (AvgIpc) is 3.34. The minimum absolute atomic E-state index is 0.0784. The first-order valence-electron chi connectivity index (χ1n) is 13.6. The second-order valence-corrected chi connectivity index (χ2v) is 10.2. The molecule has 218 valence electrons. The number of carbonyl (C=O) groups is 4. The van der Waals surface area contributed by atoms with Gasteiger partial charge >= 0.3 is 5.69 Å². The van der Waals surface area contributed by atoms with E-state index in [4.69, 9.17) is 0 Å². The fraction of sp³-hybridized carbons (Fsp3) is 0.429. The molecule has 3 aromatic rings. The van der Waals surface area contributed by atoms with E-state index >= 15 is 0 Å². The van der Waals surface area contributed by atoms with Crippen molar-refractivity contribution in [1.29, 1.82) is 0 Å². The molecule has 0 radical (unpaired) electrons. The highest BCUT2D eigenvalue weighted by atomic mass is 16.2. The summed E-state index contributed by atoms with van der Waals surface area (Å²) in [6, 6.07) is 5.89. The van der Waals surface area contributed by atoms with Gasteiger partial charge in [-0.25, -0.2) is 4.79 Å². The zero-order chi connectivity index (χ0) is 29.5. The first kappa shape index (κ1) is 29.3. The summed E-state index contributed by atoms with van der Waals surface area (Å²) in [7, 11) is 0. The lowest BCUT2D eigenvalue weighted by Crippen LogP contribution is -2.53. The lowest BCUT2D eigenvalue weighted by atomic mass is 10.0. The molecule has 3 heterocycles. The van der Waals surface area contributed by atoms with Crippen LogP contribution in [0.5, 0.6) is 0 Å². The van der Waals surface area contributed by atoms with Crippen LogP contribution < -0.4 is 27.2 Å². The molecule has 1 aliphatic rings. The van der Waals surface area contributed by atoms with Gasteiger partial charge in [-0.15, -0.1) is 0 Å². The molecule has 4 amide bonds. The normalized spacial score (nSPS) is 19.6. The second-order valence-electron chi connectivity index (χ2n) is 10.2. The first-order chi connectivity index (χ1) is 19.6. The third-order valence-corrected chi connectivity index (χ3v) is 7.09. The van der Waals surface area contributed by atoms with Gasteiger partial charge in [-0.2, -0.15) is 0 Å². The Hall–Kier alpha value is -4.68. The molecule has 41 heavy (non-hydrogen) atoms. The number of aryl methyl sites for hydroxylation is 1. The predicted molar refractivity (Wildman–Crippen MR) is 151 cm³/mol. The van der Waals surface area contributed by atoms with Crippen molar-refractivity contribution in [2.75, 3.05) is 19.6 Å². The Labute approximate surface area is 235 Å². The highest BCUT2D eigenvalue weighted by molar-refractivity contribution is 5.92. The predicted octanol–water partition coefficient (Wildman–Crippen LogP) is -0.313. The number of amides is 4. The van der Waals surface area contributed by atoms with Crippen molar-refractivity contribution in [2.24, 2.45) is 0 Å². The minimum Gasteiger partial charge on any atom is -0.361 e. The number of para-hydroxylation sites is 1. The third kappa shape index (κ3) is 7.50. The lowest BCUT2D eigenvalue weighted by Gasteiger charge is -2.23. The number of aromatic amines is 2. The van der Waals surface area contributed by atoms with Gasteiger partial charge in [-0.1, -0.05) is 18.2 Å². The van der Waals surface area contributed by atoms with Crippen molar-refractivity contribution >= 4 is 34.5 Å². The molecule has 5 N–H and O–H groups in total. The number of aromatic nitrogens is 3. The molecule has 13 heteroatoms. The average molecular weight is 566 g/mol. The van der Waals surface area contributed by atoms with Crippen LogP contribution in [0.4, 0.5) is 0 Å². The standard InChI is InChI=1S/C28H35N7O6/c1-17-15-35(28(41)33-25(17)38)16-24(37)34-11-5-9-23(36)31-18(2)26(39)32-22(27(40)29-10-6-12-34)13-19-14-30-21-8-4-3-7-20(19)21/h3-4,7-8,14-15,18,22,30H,5-6,9-13,16H2,1-2H3,(H,29,40)(H,31,36)(H,32,39)(H,33,38,41)/t18-,22+/m0/s1. The van der Waals surface area contributed by atoms with Crippen molar-refractivity contribution in [1.82, 2.24) is 35.4 Å². The summed E-state index contributed by atoms with van der Waals surface area (Å²) in [5, 5.41) is 9.23. The van der Waals surface area contributed by atoms with Crippen LogP contribution >= 0.6 is 0 Å². The van der Waals surface area contributed by atoms with Gasteiger partial charge in [0, 0.05) is 61.3 Å². The quantitative estimate of drug-likeness (QED) is 0.290. The van der Waals surface area contributed by atoms with E-state index in [1.165, 1.54) is 18.0 Å². The summed E-state index contributed by atoms with van der Waals surface area (Å²) < 4.78 is 1.14. The number of nitrogens with zero attached hydrogens (tertiary/aromatic N) is 2. The molecule has 4 rings (SSSR count). The summed E-state index contributed by atoms with van der Waals surface area (Å²) in [6.45, 7) is 3.56. The van der Waals surface area contributed by atoms with E-state index in [2.05, 4.69) is 25.9 Å². The number of hydrogen-bond donors (Lipinski definition) is 5. The van der Waals surface area contributed by atoms with Crippen molar-refractivity contribution in [2.45, 2.75) is 58.2 Å². The van der Waals surface area contributed by atoms with Gasteiger partial charge in [0.1, 0.15) is 18.6 Å². The minimum atomic E-state index is -0.890. The molecular formula is C28H35N7O6. The highest BCUT2D eigenvalue weighted by Crippen LogP contribution is 2.19. The monoisotopic (exact) mass is 565 g/mol. The van der Waals surface area contributed by atoms with E-state index < -0.39 is 29.2 Å². The molecule has 2 aromatic heterocycles. The molecule has 13 nitrogen and oxygen atoms in total. The Balaban J connectivity index is 1.48. The number of hydrogen-bond acceptors (Lipinski definition) is 6. The summed E-state index contributed by atoms with van der Waals surface area (Å²) in [5.41, 5.74) is 0.871. The van der Waals surface area contributed by atoms with Gasteiger partial charge in [-0.3, -0.25) is 33.5 Å². The van der Waals surface area contributed by atoms with Crippen LogP contribution in [0.25, 0.3) is 10.9 Å². The number of fused-ring (bicyclic) bond motifs is 1. The van der Waals surface area contributed by atoms with Crippen molar-refractivity contribution in [3.8, 4) is 0 Å². The van der Waals surface area contributed by atoms with E-state index in [1.54, 1.807) is 6.92 Å². The summed E-state index contributed by atoms with van der Waals surface area (Å²) in [4.78, 5) is 82.5. The van der Waals surface area contributed by atoms with Gasteiger partial charge in [0.25, 0.3) is 5.56 Å². The van der Waals surface area contributed by atoms with Crippen molar-refractivity contribution < 1.29 is 19.2 Å². The van der Waals surface area contributed by atoms with Crippen LogP contribution in [0.3, 0.4) is 0 Å². The van der Waals surface area contributed by atoms with E-state index in [9.17, 15) is 28.8 Å². The Morgan fingerprint density at radius 1 is 1.00 bits per heavy atom. The zero-order valence-corrected chi connectivity index (χ0v) is 23.1. The number of benzene rings is 1. The molecule has 1 fully saturated rings. The van der Waals surface area contributed by atoms with Crippen LogP contribution in [0.2, 0.25) is 0 Å². The second kappa shape index (κ2) is 13.1. The fourth-order valence-corrected chi connectivity index (χ4v) is 4.78. The number of carbonyl (C=O) groups excluding carboxylic acids is 4. The van der Waals surface area contributed by atoms with E-state index in [0.717, 1.165) is 21.0 Å². The van der Waals surface area contributed by atoms with Crippen molar-refractivity contribution in [3.63, 3.8) is 0 Å². The molecule has 0 aliphatic carbocycles. The van der Waals surface area contributed by atoms with Crippen LogP contribution in [-0.2, 0) is 32.1 Å². The first-order valence-corrected chi connectivity index (χ1v) is 13.6. The number of H-pyrrole nitrogens is 2. The van der Waals surface area contributed by atoms with Gasteiger partial charge in [0.15, 0.2) is 0 Å². The fourth-order valence-electron chi connectivity index (χ4n) is 4.78. The molecule has 1 aromatic carbocycles. The van der Waals surface area contributed by atoms with Crippen LogP contribution in [0.1, 0.15) is 37.3 Å². The Morgan fingerprint density at radius 2 is 1.76 bits per heavy atom. The lowest BCUT2D eigenvalue weighted by molar-refractivity contribution is -0.132. The Bertz CT molecular complexity index is 1550. The maximum absolute atomic E-state index is 13.2. The largest absolute Gasteiger partial charge is 0.361 e. The molecular weight excluding hydrogens is 530 g/mol. The molecule has 0 saturated carbocycles. The number of nitrogens with one attached hydrogen (secondary N) is 5. The van der Waals surface area contributed by atoms with E-state index in [1.807, 2.05) is 30.5 Å². The summed E-state index contributed by atoms with van der Waals surface area (Å²) in [5.74, 6) is -1.59. The van der Waals surface area contributed by atoms with Gasteiger partial charge in [0.05, 0.1) is 0 Å². The summed E-state index contributed by atoms with van der Waals surface area (Å²) in [6.07, 6.45) is 4.20. The molecule has 0 unspecified atom stereocenters. The Morgan fingerprint density at radius 3 is 2.56 bits per heavy atom.